The van der Waals surface area contributed by atoms with E-state index < -0.39 is 6.04 Å². The SMILES string of the molecule is COc1ccc(NC(=O)C(C2CC=CCC2)N(Cc2ccccc2C)C(=O)Cc2ccccc2)c(OC)c1. The molecule has 38 heavy (non-hydrogen) atoms. The van der Waals surface area contributed by atoms with E-state index in [0.717, 1.165) is 36.0 Å². The number of hydrogen-bond donors (Lipinski definition) is 1. The first-order valence-electron chi connectivity index (χ1n) is 13.1. The van der Waals surface area contributed by atoms with Crippen LogP contribution < -0.4 is 14.8 Å². The molecule has 0 bridgehead atoms. The minimum Gasteiger partial charge on any atom is -0.497 e. The number of ether oxygens (including phenoxy) is 2. The maximum atomic E-state index is 14.1. The lowest BCUT2D eigenvalue weighted by molar-refractivity contribution is -0.141. The quantitative estimate of drug-likeness (QED) is 0.341. The number of hydrogen-bond acceptors (Lipinski definition) is 4. The highest BCUT2D eigenvalue weighted by Crippen LogP contribution is 2.32. The second-order valence-corrected chi connectivity index (χ2v) is 9.66. The van der Waals surface area contributed by atoms with E-state index in [1.807, 2.05) is 61.5 Å². The fraction of sp³-hybridized carbons (Fsp3) is 0.312. The summed E-state index contributed by atoms with van der Waals surface area (Å²) in [5, 5.41) is 3.07. The van der Waals surface area contributed by atoms with Crippen molar-refractivity contribution in [1.82, 2.24) is 4.90 Å². The van der Waals surface area contributed by atoms with Crippen LogP contribution in [0.15, 0.2) is 84.9 Å². The molecule has 1 aliphatic carbocycles. The van der Waals surface area contributed by atoms with Gasteiger partial charge in [-0.2, -0.15) is 0 Å². The van der Waals surface area contributed by atoms with Crippen LogP contribution in [0.25, 0.3) is 0 Å². The van der Waals surface area contributed by atoms with Gasteiger partial charge in [-0.25, -0.2) is 0 Å². The summed E-state index contributed by atoms with van der Waals surface area (Å²) in [5.74, 6) is 0.835. The predicted octanol–water partition coefficient (Wildman–Crippen LogP) is 5.95. The summed E-state index contributed by atoms with van der Waals surface area (Å²) in [6.45, 7) is 2.40. The molecule has 2 amide bonds. The monoisotopic (exact) mass is 512 g/mol. The molecule has 3 aromatic carbocycles. The molecule has 4 rings (SSSR count). The van der Waals surface area contributed by atoms with Crippen LogP contribution in [-0.4, -0.2) is 37.0 Å². The van der Waals surface area contributed by atoms with Gasteiger partial charge in [-0.3, -0.25) is 9.59 Å². The van der Waals surface area contributed by atoms with Crippen LogP contribution in [-0.2, 0) is 22.6 Å². The third-order valence-electron chi connectivity index (χ3n) is 7.15. The second kappa shape index (κ2) is 13.0. The molecule has 2 unspecified atom stereocenters. The lowest BCUT2D eigenvalue weighted by atomic mass is 9.85. The average Bonchev–Trinajstić information content (AvgIpc) is 2.95. The number of carbonyl (C=O) groups is 2. The number of amides is 2. The van der Waals surface area contributed by atoms with Crippen molar-refractivity contribution in [3.8, 4) is 11.5 Å². The van der Waals surface area contributed by atoms with Crippen LogP contribution in [0.5, 0.6) is 11.5 Å². The van der Waals surface area contributed by atoms with E-state index in [9.17, 15) is 9.59 Å². The molecule has 6 heteroatoms. The van der Waals surface area contributed by atoms with E-state index in [-0.39, 0.29) is 24.2 Å². The molecular weight excluding hydrogens is 476 g/mol. The number of carbonyl (C=O) groups excluding carboxylic acids is 2. The summed E-state index contributed by atoms with van der Waals surface area (Å²) >= 11 is 0. The Morgan fingerprint density at radius 3 is 2.42 bits per heavy atom. The van der Waals surface area contributed by atoms with E-state index in [1.165, 1.54) is 0 Å². The Hall–Kier alpha value is -4.06. The molecule has 198 valence electrons. The number of methoxy groups -OCH3 is 2. The van der Waals surface area contributed by atoms with Crippen molar-refractivity contribution in [2.75, 3.05) is 19.5 Å². The summed E-state index contributed by atoms with van der Waals surface area (Å²) < 4.78 is 10.8. The summed E-state index contributed by atoms with van der Waals surface area (Å²) in [6.07, 6.45) is 6.94. The van der Waals surface area contributed by atoms with Crippen molar-refractivity contribution in [1.29, 1.82) is 0 Å². The largest absolute Gasteiger partial charge is 0.497 e. The zero-order valence-corrected chi connectivity index (χ0v) is 22.4. The molecule has 6 nitrogen and oxygen atoms in total. The van der Waals surface area contributed by atoms with Crippen LogP contribution in [0.2, 0.25) is 0 Å². The molecule has 0 radical (unpaired) electrons. The molecule has 0 heterocycles. The smallest absolute Gasteiger partial charge is 0.247 e. The minimum absolute atomic E-state index is 0.00650. The van der Waals surface area contributed by atoms with E-state index in [0.29, 0.717) is 23.7 Å². The summed E-state index contributed by atoms with van der Waals surface area (Å²) in [5.41, 5.74) is 3.58. The number of benzene rings is 3. The first-order chi connectivity index (χ1) is 18.5. The molecule has 0 saturated heterocycles. The molecule has 2 atom stereocenters. The summed E-state index contributed by atoms with van der Waals surface area (Å²) in [7, 11) is 3.14. The molecule has 0 aromatic heterocycles. The van der Waals surface area contributed by atoms with Gasteiger partial charge in [-0.1, -0.05) is 66.7 Å². The number of aryl methyl sites for hydroxylation is 1. The van der Waals surface area contributed by atoms with Gasteiger partial charge in [0.15, 0.2) is 0 Å². The van der Waals surface area contributed by atoms with Gasteiger partial charge >= 0.3 is 0 Å². The number of anilines is 1. The first-order valence-corrected chi connectivity index (χ1v) is 13.1. The fourth-order valence-electron chi connectivity index (χ4n) is 5.01. The maximum Gasteiger partial charge on any atom is 0.247 e. The van der Waals surface area contributed by atoms with Crippen molar-refractivity contribution in [3.05, 3.63) is 102 Å². The molecule has 3 aromatic rings. The zero-order chi connectivity index (χ0) is 26.9. The molecule has 0 spiro atoms. The van der Waals surface area contributed by atoms with Crippen molar-refractivity contribution >= 4 is 17.5 Å². The minimum atomic E-state index is -0.650. The van der Waals surface area contributed by atoms with Crippen LogP contribution >= 0.6 is 0 Å². The van der Waals surface area contributed by atoms with Crippen molar-refractivity contribution in [2.24, 2.45) is 5.92 Å². The first kappa shape index (κ1) is 27.0. The Morgan fingerprint density at radius 1 is 0.974 bits per heavy atom. The Kier molecular flexibility index (Phi) is 9.20. The van der Waals surface area contributed by atoms with Gasteiger partial charge in [0, 0.05) is 12.6 Å². The van der Waals surface area contributed by atoms with Crippen molar-refractivity contribution in [2.45, 2.75) is 45.2 Å². The van der Waals surface area contributed by atoms with Crippen LogP contribution in [0, 0.1) is 12.8 Å². The number of rotatable bonds is 10. The summed E-state index contributed by atoms with van der Waals surface area (Å²) in [4.78, 5) is 29.8. The van der Waals surface area contributed by atoms with Crippen molar-refractivity contribution in [3.63, 3.8) is 0 Å². The lowest BCUT2D eigenvalue weighted by Crippen LogP contribution is -2.51. The van der Waals surface area contributed by atoms with Gasteiger partial charge in [-0.15, -0.1) is 0 Å². The van der Waals surface area contributed by atoms with E-state index in [4.69, 9.17) is 9.47 Å². The standard InChI is InChI=1S/C32H36N2O4/c1-23-12-10-11-17-26(23)22-34(30(35)20-24-13-6-4-7-14-24)31(25-15-8-5-9-16-25)32(36)33-28-19-18-27(37-2)21-29(28)38-3/h4-8,10-14,17-19,21,25,31H,9,15-16,20,22H2,1-3H3,(H,33,36). The lowest BCUT2D eigenvalue weighted by Gasteiger charge is -2.37. The second-order valence-electron chi connectivity index (χ2n) is 9.66. The summed E-state index contributed by atoms with van der Waals surface area (Å²) in [6, 6.07) is 22.4. The Morgan fingerprint density at radius 2 is 1.74 bits per heavy atom. The third-order valence-corrected chi connectivity index (χ3v) is 7.15. The third kappa shape index (κ3) is 6.62. The van der Waals surface area contributed by atoms with E-state index >= 15 is 0 Å². The Balaban J connectivity index is 1.71. The Labute approximate surface area is 225 Å². The average molecular weight is 513 g/mol. The van der Waals surface area contributed by atoms with Crippen LogP contribution in [0.1, 0.15) is 36.0 Å². The highest BCUT2D eigenvalue weighted by atomic mass is 16.5. The van der Waals surface area contributed by atoms with Gasteiger partial charge in [0.2, 0.25) is 11.8 Å². The van der Waals surface area contributed by atoms with Crippen molar-refractivity contribution < 1.29 is 19.1 Å². The number of nitrogens with zero attached hydrogens (tertiary/aromatic N) is 1. The molecule has 1 aliphatic rings. The number of allylic oxidation sites excluding steroid dienone is 2. The molecule has 0 fully saturated rings. The van der Waals surface area contributed by atoms with Crippen LogP contribution in [0.3, 0.4) is 0 Å². The molecule has 0 saturated carbocycles. The normalized spacial score (nSPS) is 15.4. The van der Waals surface area contributed by atoms with Gasteiger partial charge in [-0.05, 0) is 60.9 Å². The van der Waals surface area contributed by atoms with Gasteiger partial charge in [0.1, 0.15) is 17.5 Å². The van der Waals surface area contributed by atoms with E-state index in [1.54, 1.807) is 37.3 Å². The molecule has 1 N–H and O–H groups in total. The van der Waals surface area contributed by atoms with Gasteiger partial charge in [0.05, 0.1) is 26.3 Å². The van der Waals surface area contributed by atoms with E-state index in [2.05, 4.69) is 17.5 Å². The highest BCUT2D eigenvalue weighted by molar-refractivity contribution is 5.98. The zero-order valence-electron chi connectivity index (χ0n) is 22.4. The molecular formula is C32H36N2O4. The predicted molar refractivity (Wildman–Crippen MR) is 150 cm³/mol. The topological polar surface area (TPSA) is 67.9 Å². The van der Waals surface area contributed by atoms with Gasteiger partial charge < -0.3 is 19.7 Å². The highest BCUT2D eigenvalue weighted by Gasteiger charge is 2.37. The Bertz CT molecular complexity index is 1270. The fourth-order valence-corrected chi connectivity index (χ4v) is 5.01. The van der Waals surface area contributed by atoms with Gasteiger partial charge in [0.25, 0.3) is 0 Å². The molecule has 0 aliphatic heterocycles. The van der Waals surface area contributed by atoms with Crippen LogP contribution in [0.4, 0.5) is 5.69 Å². The number of nitrogens with one attached hydrogen (secondary N) is 1. The maximum absolute atomic E-state index is 14.1.